The van der Waals surface area contributed by atoms with Gasteiger partial charge in [-0.3, -0.25) is 0 Å². The monoisotopic (exact) mass is 196 g/mol. The van der Waals surface area contributed by atoms with Gasteiger partial charge in [-0.2, -0.15) is 0 Å². The molecule has 1 rings (SSSR count). The lowest BCUT2D eigenvalue weighted by Crippen LogP contribution is -2.65. The van der Waals surface area contributed by atoms with Crippen LogP contribution in [-0.4, -0.2) is 15.9 Å². The SMILES string of the molecule is CCC1(CC)OC(=O)C1(Cl)Cl. The van der Waals surface area contributed by atoms with E-state index in [0.29, 0.717) is 12.8 Å². The van der Waals surface area contributed by atoms with Gasteiger partial charge in [-0.15, -0.1) is 0 Å². The Morgan fingerprint density at radius 3 is 1.91 bits per heavy atom. The van der Waals surface area contributed by atoms with E-state index in [1.807, 2.05) is 13.8 Å². The summed E-state index contributed by atoms with van der Waals surface area (Å²) in [6.45, 7) is 3.80. The van der Waals surface area contributed by atoms with Crippen molar-refractivity contribution >= 4 is 29.2 Å². The first-order valence-electron chi connectivity index (χ1n) is 3.61. The third-order valence-corrected chi connectivity index (χ3v) is 3.26. The minimum Gasteiger partial charge on any atom is -0.453 e. The summed E-state index contributed by atoms with van der Waals surface area (Å²) in [5, 5.41) is 0. The normalized spacial score (nSPS) is 25.6. The Morgan fingerprint density at radius 2 is 1.82 bits per heavy atom. The van der Waals surface area contributed by atoms with Crippen molar-refractivity contribution in [1.29, 1.82) is 0 Å². The highest BCUT2D eigenvalue weighted by Crippen LogP contribution is 2.50. The Kier molecular flexibility index (Phi) is 2.10. The lowest BCUT2D eigenvalue weighted by Gasteiger charge is -2.48. The van der Waals surface area contributed by atoms with Crippen LogP contribution in [0.1, 0.15) is 26.7 Å². The van der Waals surface area contributed by atoms with Gasteiger partial charge in [0, 0.05) is 0 Å². The fourth-order valence-electron chi connectivity index (χ4n) is 1.28. The second kappa shape index (κ2) is 2.53. The molecule has 1 aliphatic heterocycles. The molecule has 0 aromatic carbocycles. The van der Waals surface area contributed by atoms with Crippen LogP contribution in [0, 0.1) is 0 Å². The minimum absolute atomic E-state index is 0.524. The number of rotatable bonds is 2. The highest BCUT2D eigenvalue weighted by Gasteiger charge is 2.66. The van der Waals surface area contributed by atoms with Gasteiger partial charge in [-0.25, -0.2) is 4.79 Å². The average Bonchev–Trinajstić information content (AvgIpc) is 1.99. The molecule has 0 unspecified atom stereocenters. The zero-order valence-corrected chi connectivity index (χ0v) is 8.00. The molecular formula is C7H10Cl2O2. The van der Waals surface area contributed by atoms with E-state index in [4.69, 9.17) is 27.9 Å². The number of carbonyl (C=O) groups excluding carboxylic acids is 1. The third kappa shape index (κ3) is 0.960. The van der Waals surface area contributed by atoms with Crippen molar-refractivity contribution < 1.29 is 9.53 Å². The summed E-state index contributed by atoms with van der Waals surface area (Å²) >= 11 is 11.5. The van der Waals surface area contributed by atoms with Crippen LogP contribution in [0.2, 0.25) is 0 Å². The topological polar surface area (TPSA) is 26.3 Å². The Morgan fingerprint density at radius 1 is 1.36 bits per heavy atom. The van der Waals surface area contributed by atoms with Crippen LogP contribution < -0.4 is 0 Å². The number of alkyl halides is 2. The molecule has 1 fully saturated rings. The predicted octanol–water partition coefficient (Wildman–Crippen LogP) is 2.28. The molecule has 0 spiro atoms. The number of hydrogen-bond donors (Lipinski definition) is 0. The van der Waals surface area contributed by atoms with Gasteiger partial charge >= 0.3 is 5.97 Å². The third-order valence-electron chi connectivity index (χ3n) is 2.26. The Balaban J connectivity index is 2.83. The summed E-state index contributed by atoms with van der Waals surface area (Å²) in [4.78, 5) is 10.8. The molecule has 1 saturated heterocycles. The number of ether oxygens (including phenoxy) is 1. The zero-order chi connectivity index (χ0) is 8.70. The fraction of sp³-hybridized carbons (Fsp3) is 0.857. The molecule has 0 aliphatic carbocycles. The molecule has 0 amide bonds. The van der Waals surface area contributed by atoms with Crippen molar-refractivity contribution in [2.24, 2.45) is 0 Å². The van der Waals surface area contributed by atoms with Gasteiger partial charge in [0.1, 0.15) is 0 Å². The molecule has 64 valence electrons. The number of carbonyl (C=O) groups is 1. The highest BCUT2D eigenvalue weighted by molar-refractivity contribution is 6.60. The molecule has 4 heteroatoms. The lowest BCUT2D eigenvalue weighted by atomic mass is 9.87. The van der Waals surface area contributed by atoms with Crippen molar-refractivity contribution in [2.45, 2.75) is 36.6 Å². The van der Waals surface area contributed by atoms with Gasteiger partial charge in [-0.1, -0.05) is 37.0 Å². The van der Waals surface area contributed by atoms with Gasteiger partial charge in [0.05, 0.1) is 0 Å². The molecule has 11 heavy (non-hydrogen) atoms. The Labute approximate surface area is 75.8 Å². The Hall–Kier alpha value is 0.0500. The molecule has 0 N–H and O–H groups in total. The summed E-state index contributed by atoms with van der Waals surface area (Å²) < 4.78 is 3.61. The average molecular weight is 197 g/mol. The van der Waals surface area contributed by atoms with E-state index < -0.39 is 15.9 Å². The van der Waals surface area contributed by atoms with Crippen molar-refractivity contribution in [3.8, 4) is 0 Å². The molecule has 0 bridgehead atoms. The maximum Gasteiger partial charge on any atom is 0.347 e. The Bertz CT molecular complexity index is 185. The number of halogens is 2. The number of hydrogen-bond acceptors (Lipinski definition) is 2. The standard InChI is InChI=1S/C7H10Cl2O2/c1-3-6(4-2)7(8,9)5(10)11-6/h3-4H2,1-2H3. The molecule has 0 aromatic heterocycles. The zero-order valence-electron chi connectivity index (χ0n) is 6.49. The van der Waals surface area contributed by atoms with E-state index in [1.165, 1.54) is 0 Å². The second-order valence-corrected chi connectivity index (χ2v) is 3.99. The molecule has 0 radical (unpaired) electrons. The summed E-state index contributed by atoms with van der Waals surface area (Å²) in [6.07, 6.45) is 1.31. The minimum atomic E-state index is -1.32. The van der Waals surface area contributed by atoms with E-state index in [0.717, 1.165) is 0 Å². The number of esters is 1. The second-order valence-electron chi connectivity index (χ2n) is 2.67. The van der Waals surface area contributed by atoms with E-state index in [-0.39, 0.29) is 0 Å². The first kappa shape index (κ1) is 9.14. The van der Waals surface area contributed by atoms with Crippen LogP contribution in [-0.2, 0) is 9.53 Å². The van der Waals surface area contributed by atoms with Crippen LogP contribution in [0.15, 0.2) is 0 Å². The van der Waals surface area contributed by atoms with Crippen molar-refractivity contribution in [1.82, 2.24) is 0 Å². The quantitative estimate of drug-likeness (QED) is 0.501. The summed E-state index contributed by atoms with van der Waals surface area (Å²) in [7, 11) is 0. The van der Waals surface area contributed by atoms with Crippen molar-refractivity contribution in [3.05, 3.63) is 0 Å². The van der Waals surface area contributed by atoms with E-state index in [2.05, 4.69) is 0 Å². The van der Waals surface area contributed by atoms with Gasteiger partial charge in [0.15, 0.2) is 5.60 Å². The van der Waals surface area contributed by atoms with Gasteiger partial charge < -0.3 is 4.74 Å². The molecule has 1 aliphatic rings. The molecular weight excluding hydrogens is 187 g/mol. The van der Waals surface area contributed by atoms with Gasteiger partial charge in [0.2, 0.25) is 0 Å². The summed E-state index contributed by atoms with van der Waals surface area (Å²) in [6, 6.07) is 0. The van der Waals surface area contributed by atoms with Crippen LogP contribution in [0.25, 0.3) is 0 Å². The largest absolute Gasteiger partial charge is 0.453 e. The van der Waals surface area contributed by atoms with Crippen LogP contribution >= 0.6 is 23.2 Å². The summed E-state index contributed by atoms with van der Waals surface area (Å²) in [5.74, 6) is -0.524. The highest BCUT2D eigenvalue weighted by atomic mass is 35.5. The van der Waals surface area contributed by atoms with Crippen LogP contribution in [0.5, 0.6) is 0 Å². The van der Waals surface area contributed by atoms with Crippen LogP contribution in [0.3, 0.4) is 0 Å². The van der Waals surface area contributed by atoms with Crippen molar-refractivity contribution in [3.63, 3.8) is 0 Å². The lowest BCUT2D eigenvalue weighted by molar-refractivity contribution is -0.196. The van der Waals surface area contributed by atoms with Gasteiger partial charge in [0.25, 0.3) is 4.33 Å². The fourth-order valence-corrected chi connectivity index (χ4v) is 1.97. The van der Waals surface area contributed by atoms with E-state index in [9.17, 15) is 4.79 Å². The summed E-state index contributed by atoms with van der Waals surface area (Å²) in [5.41, 5.74) is -0.646. The van der Waals surface area contributed by atoms with E-state index >= 15 is 0 Å². The maximum atomic E-state index is 10.8. The first-order chi connectivity index (χ1) is 5.00. The molecule has 0 saturated carbocycles. The smallest absolute Gasteiger partial charge is 0.347 e. The van der Waals surface area contributed by atoms with Gasteiger partial charge in [-0.05, 0) is 12.8 Å². The number of cyclic esters (lactones) is 1. The van der Waals surface area contributed by atoms with E-state index in [1.54, 1.807) is 0 Å². The maximum absolute atomic E-state index is 10.8. The molecule has 0 aromatic rings. The molecule has 1 heterocycles. The molecule has 0 atom stereocenters. The van der Waals surface area contributed by atoms with Crippen molar-refractivity contribution in [2.75, 3.05) is 0 Å². The molecule has 2 nitrogen and oxygen atoms in total. The predicted molar refractivity (Wildman–Crippen MR) is 43.8 cm³/mol. The van der Waals surface area contributed by atoms with Crippen LogP contribution in [0.4, 0.5) is 0 Å². The first-order valence-corrected chi connectivity index (χ1v) is 4.37.